The zero-order chi connectivity index (χ0) is 17.0. The molecule has 0 aliphatic carbocycles. The molecule has 0 heterocycles. The van der Waals surface area contributed by atoms with E-state index in [4.69, 9.17) is 0 Å². The van der Waals surface area contributed by atoms with Crippen molar-refractivity contribution in [3.63, 3.8) is 0 Å². The van der Waals surface area contributed by atoms with Crippen molar-refractivity contribution in [2.24, 2.45) is 0 Å². The summed E-state index contributed by atoms with van der Waals surface area (Å²) in [5.41, 5.74) is 2.18. The monoisotopic (exact) mass is 340 g/mol. The molecule has 0 aromatic heterocycles. The Morgan fingerprint density at radius 2 is 1.00 bits per heavy atom. The molecular formula is C21H28N2O2. The molecule has 2 rings (SSSR count). The highest BCUT2D eigenvalue weighted by Gasteiger charge is 2.04. The van der Waals surface area contributed by atoms with Crippen LogP contribution in [-0.4, -0.2) is 11.8 Å². The van der Waals surface area contributed by atoms with Gasteiger partial charge >= 0.3 is 0 Å². The summed E-state index contributed by atoms with van der Waals surface area (Å²) in [6, 6.07) is 19.7. The van der Waals surface area contributed by atoms with Crippen LogP contribution < -0.4 is 10.6 Å². The van der Waals surface area contributed by atoms with Gasteiger partial charge < -0.3 is 10.6 Å². The summed E-state index contributed by atoms with van der Waals surface area (Å²) in [5.74, 6) is 0.0621. The fourth-order valence-electron chi connectivity index (χ4n) is 2.34. The fourth-order valence-corrected chi connectivity index (χ4v) is 2.34. The lowest BCUT2D eigenvalue weighted by atomic mass is 10.1. The van der Waals surface area contributed by atoms with E-state index < -0.39 is 0 Å². The van der Waals surface area contributed by atoms with Crippen LogP contribution in [0.3, 0.4) is 0 Å². The molecule has 2 amide bonds. The average molecular weight is 340 g/mol. The van der Waals surface area contributed by atoms with E-state index in [1.165, 1.54) is 0 Å². The van der Waals surface area contributed by atoms with E-state index in [-0.39, 0.29) is 19.2 Å². The minimum atomic E-state index is 0. The second kappa shape index (κ2) is 11.8. The lowest BCUT2D eigenvalue weighted by molar-refractivity contribution is -0.123. The average Bonchev–Trinajstić information content (AvgIpc) is 2.63. The summed E-state index contributed by atoms with van der Waals surface area (Å²) in [5, 5.41) is 5.79. The molecular weight excluding hydrogens is 312 g/mol. The SMILES string of the molecule is C.O=C(CCCCC(=O)NCc1ccccc1)NCc1ccccc1. The zero-order valence-corrected chi connectivity index (χ0v) is 13.8. The highest BCUT2D eigenvalue weighted by atomic mass is 16.2. The Morgan fingerprint density at radius 1 is 0.640 bits per heavy atom. The van der Waals surface area contributed by atoms with E-state index >= 15 is 0 Å². The van der Waals surface area contributed by atoms with Gasteiger partial charge in [-0.2, -0.15) is 0 Å². The highest BCUT2D eigenvalue weighted by molar-refractivity contribution is 5.77. The van der Waals surface area contributed by atoms with Gasteiger partial charge in [0.25, 0.3) is 0 Å². The molecule has 2 aromatic carbocycles. The Morgan fingerprint density at radius 3 is 1.36 bits per heavy atom. The van der Waals surface area contributed by atoms with E-state index in [2.05, 4.69) is 10.6 Å². The molecule has 4 nitrogen and oxygen atoms in total. The van der Waals surface area contributed by atoms with E-state index in [0.717, 1.165) is 24.0 Å². The quantitative estimate of drug-likeness (QED) is 0.682. The third-order valence-corrected chi connectivity index (χ3v) is 3.72. The standard InChI is InChI=1S/C20H24N2O2.CH4/c23-19(21-15-17-9-3-1-4-10-17)13-7-8-14-20(24)22-16-18-11-5-2-6-12-18;/h1-6,9-12H,7-8,13-16H2,(H,21,23)(H,22,24);1H4. The zero-order valence-electron chi connectivity index (χ0n) is 13.8. The number of carbonyl (C=O) groups is 2. The molecule has 0 unspecified atom stereocenters. The molecule has 2 aromatic rings. The van der Waals surface area contributed by atoms with Crippen LogP contribution in [0.15, 0.2) is 60.7 Å². The third-order valence-electron chi connectivity index (χ3n) is 3.72. The molecule has 0 saturated carbocycles. The first-order valence-corrected chi connectivity index (χ1v) is 8.35. The van der Waals surface area contributed by atoms with Gasteiger partial charge in [-0.15, -0.1) is 0 Å². The van der Waals surface area contributed by atoms with Gasteiger partial charge in [-0.25, -0.2) is 0 Å². The topological polar surface area (TPSA) is 58.2 Å². The molecule has 0 atom stereocenters. The van der Waals surface area contributed by atoms with Crippen LogP contribution in [0.4, 0.5) is 0 Å². The van der Waals surface area contributed by atoms with Gasteiger partial charge in [-0.05, 0) is 24.0 Å². The van der Waals surface area contributed by atoms with Crippen molar-refractivity contribution in [1.82, 2.24) is 10.6 Å². The second-order valence-corrected chi connectivity index (χ2v) is 5.73. The molecule has 0 spiro atoms. The van der Waals surface area contributed by atoms with Gasteiger partial charge in [-0.3, -0.25) is 9.59 Å². The molecule has 134 valence electrons. The van der Waals surface area contributed by atoms with Crippen molar-refractivity contribution in [2.75, 3.05) is 0 Å². The Balaban J connectivity index is 0.00000312. The van der Waals surface area contributed by atoms with E-state index in [1.54, 1.807) is 0 Å². The van der Waals surface area contributed by atoms with Crippen molar-refractivity contribution in [1.29, 1.82) is 0 Å². The molecule has 0 radical (unpaired) electrons. The molecule has 0 fully saturated rings. The predicted molar refractivity (Wildman–Crippen MR) is 102 cm³/mol. The minimum absolute atomic E-state index is 0. The van der Waals surface area contributed by atoms with Crippen molar-refractivity contribution >= 4 is 11.8 Å². The number of hydrogen-bond donors (Lipinski definition) is 2. The lowest BCUT2D eigenvalue weighted by Gasteiger charge is -2.06. The van der Waals surface area contributed by atoms with E-state index in [9.17, 15) is 9.59 Å². The summed E-state index contributed by atoms with van der Waals surface area (Å²) in [6.45, 7) is 1.11. The summed E-state index contributed by atoms with van der Waals surface area (Å²) in [6.07, 6.45) is 2.36. The van der Waals surface area contributed by atoms with Crippen molar-refractivity contribution in [3.8, 4) is 0 Å². The van der Waals surface area contributed by atoms with Gasteiger partial charge in [0.15, 0.2) is 0 Å². The summed E-state index contributed by atoms with van der Waals surface area (Å²) < 4.78 is 0. The number of carbonyl (C=O) groups excluding carboxylic acids is 2. The Kier molecular flexibility index (Phi) is 9.68. The molecule has 0 saturated heterocycles. The third kappa shape index (κ3) is 8.70. The Bertz CT molecular complexity index is 569. The molecule has 0 bridgehead atoms. The van der Waals surface area contributed by atoms with Crippen LogP contribution in [0.1, 0.15) is 44.2 Å². The van der Waals surface area contributed by atoms with Gasteiger partial charge in [0.05, 0.1) is 0 Å². The van der Waals surface area contributed by atoms with Crippen LogP contribution in [0.2, 0.25) is 0 Å². The first kappa shape index (κ1) is 20.4. The maximum absolute atomic E-state index is 11.8. The van der Waals surface area contributed by atoms with Gasteiger partial charge in [0.1, 0.15) is 0 Å². The number of rotatable bonds is 9. The van der Waals surface area contributed by atoms with Gasteiger partial charge in [0, 0.05) is 25.9 Å². The van der Waals surface area contributed by atoms with Gasteiger partial charge in [0.2, 0.25) is 11.8 Å². The summed E-state index contributed by atoms with van der Waals surface area (Å²) >= 11 is 0. The van der Waals surface area contributed by atoms with Crippen molar-refractivity contribution in [3.05, 3.63) is 71.8 Å². The molecule has 2 N–H and O–H groups in total. The summed E-state index contributed by atoms with van der Waals surface area (Å²) in [4.78, 5) is 23.5. The first-order chi connectivity index (χ1) is 11.7. The molecule has 25 heavy (non-hydrogen) atoms. The smallest absolute Gasteiger partial charge is 0.220 e. The van der Waals surface area contributed by atoms with Crippen LogP contribution in [0, 0.1) is 0 Å². The van der Waals surface area contributed by atoms with Crippen molar-refractivity contribution < 1.29 is 9.59 Å². The predicted octanol–water partition coefficient (Wildman–Crippen LogP) is 3.82. The minimum Gasteiger partial charge on any atom is -0.352 e. The van der Waals surface area contributed by atoms with Crippen LogP contribution in [-0.2, 0) is 22.7 Å². The Labute approximate surface area is 150 Å². The fraction of sp³-hybridized carbons (Fsp3) is 0.333. The number of amides is 2. The number of nitrogens with one attached hydrogen (secondary N) is 2. The second-order valence-electron chi connectivity index (χ2n) is 5.73. The molecule has 0 aliphatic heterocycles. The first-order valence-electron chi connectivity index (χ1n) is 8.35. The van der Waals surface area contributed by atoms with E-state index in [1.807, 2.05) is 60.7 Å². The molecule has 4 heteroatoms. The number of hydrogen-bond acceptors (Lipinski definition) is 2. The van der Waals surface area contributed by atoms with Crippen molar-refractivity contribution in [2.45, 2.75) is 46.2 Å². The summed E-state index contributed by atoms with van der Waals surface area (Å²) in [7, 11) is 0. The Hall–Kier alpha value is -2.62. The van der Waals surface area contributed by atoms with Crippen LogP contribution >= 0.6 is 0 Å². The van der Waals surface area contributed by atoms with Crippen LogP contribution in [0.5, 0.6) is 0 Å². The maximum Gasteiger partial charge on any atom is 0.220 e. The highest BCUT2D eigenvalue weighted by Crippen LogP contribution is 2.03. The lowest BCUT2D eigenvalue weighted by Crippen LogP contribution is -2.23. The number of unbranched alkanes of at least 4 members (excludes halogenated alkanes) is 1. The van der Waals surface area contributed by atoms with Gasteiger partial charge in [-0.1, -0.05) is 68.1 Å². The molecule has 0 aliphatic rings. The largest absolute Gasteiger partial charge is 0.352 e. The number of benzene rings is 2. The normalized spacial score (nSPS) is 9.76. The van der Waals surface area contributed by atoms with E-state index in [0.29, 0.717) is 25.9 Å². The van der Waals surface area contributed by atoms with Crippen LogP contribution in [0.25, 0.3) is 0 Å². The maximum atomic E-state index is 11.8.